The maximum absolute atomic E-state index is 11.2. The molecule has 3 N–H and O–H groups in total. The quantitative estimate of drug-likeness (QED) is 0.789. The number of H-pyrrole nitrogens is 1. The van der Waals surface area contributed by atoms with Crippen LogP contribution in [0.25, 0.3) is 10.9 Å². The molecule has 0 unspecified atom stereocenters. The van der Waals surface area contributed by atoms with Gasteiger partial charge in [0.05, 0.1) is 11.6 Å². The number of carboxylic acid groups (broad SMARTS) is 1. The van der Waals surface area contributed by atoms with Crippen LogP contribution in [0.15, 0.2) is 18.2 Å². The third-order valence-electron chi connectivity index (χ3n) is 3.99. The Kier molecular flexibility index (Phi) is 6.70. The number of carbonyl (C=O) groups is 1. The van der Waals surface area contributed by atoms with Crippen molar-refractivity contribution in [2.24, 2.45) is 0 Å². The second-order valence-corrected chi connectivity index (χ2v) is 6.61. The Balaban J connectivity index is 0.000000701. The predicted molar refractivity (Wildman–Crippen MR) is 102 cm³/mol. The van der Waals surface area contributed by atoms with Gasteiger partial charge in [-0.05, 0) is 53.3 Å². The van der Waals surface area contributed by atoms with Gasteiger partial charge in [-0.15, -0.1) is 0 Å². The van der Waals surface area contributed by atoms with E-state index in [1.807, 2.05) is 40.1 Å². The molecule has 0 bridgehead atoms. The lowest BCUT2D eigenvalue weighted by atomic mass is 10.1. The number of piperidine rings is 1. The highest BCUT2D eigenvalue weighted by molar-refractivity contribution is 6.00. The lowest BCUT2D eigenvalue weighted by Gasteiger charge is -2.30. The number of aromatic nitrogens is 1. The van der Waals surface area contributed by atoms with Crippen LogP contribution in [-0.2, 0) is 0 Å². The molecule has 1 saturated heterocycles. The van der Waals surface area contributed by atoms with E-state index in [-0.39, 0.29) is 11.8 Å². The number of nitrogens with one attached hydrogen (secondary N) is 2. The van der Waals surface area contributed by atoms with Gasteiger partial charge in [0, 0.05) is 36.3 Å². The second-order valence-electron chi connectivity index (χ2n) is 6.61. The summed E-state index contributed by atoms with van der Waals surface area (Å²) in [7, 11) is 3.75. The van der Waals surface area contributed by atoms with E-state index >= 15 is 0 Å². The monoisotopic (exact) mass is 347 g/mol. The molecule has 0 spiro atoms. The van der Waals surface area contributed by atoms with Crippen LogP contribution >= 0.6 is 0 Å². The molecule has 2 heterocycles. The van der Waals surface area contributed by atoms with Crippen LogP contribution in [0.2, 0.25) is 0 Å². The number of hydrogen-bond acceptors (Lipinski definition) is 4. The number of rotatable bonds is 4. The van der Waals surface area contributed by atoms with Crippen LogP contribution in [0.1, 0.15) is 43.6 Å². The highest BCUT2D eigenvalue weighted by Crippen LogP contribution is 2.34. The van der Waals surface area contributed by atoms with Crippen molar-refractivity contribution < 1.29 is 14.6 Å². The Bertz CT molecular complexity index is 703. The van der Waals surface area contributed by atoms with Gasteiger partial charge < -0.3 is 25.0 Å². The molecule has 1 aromatic heterocycles. The fourth-order valence-electron chi connectivity index (χ4n) is 3.04. The van der Waals surface area contributed by atoms with E-state index in [1.165, 1.54) is 19.3 Å². The molecule has 1 aliphatic rings. The van der Waals surface area contributed by atoms with Crippen LogP contribution in [0.5, 0.6) is 5.75 Å². The van der Waals surface area contributed by atoms with Crippen molar-refractivity contribution in [1.29, 1.82) is 0 Å². The number of nitrogens with zero attached hydrogens (tertiary/aromatic N) is 1. The highest BCUT2D eigenvalue weighted by Gasteiger charge is 2.18. The zero-order chi connectivity index (χ0) is 18.4. The molecule has 6 heteroatoms. The molecule has 138 valence electrons. The van der Waals surface area contributed by atoms with Gasteiger partial charge >= 0.3 is 5.97 Å². The molecule has 1 fully saturated rings. The summed E-state index contributed by atoms with van der Waals surface area (Å²) in [5.41, 5.74) is 2.10. The van der Waals surface area contributed by atoms with Crippen molar-refractivity contribution in [3.05, 3.63) is 23.9 Å². The zero-order valence-electron chi connectivity index (χ0n) is 15.6. The summed E-state index contributed by atoms with van der Waals surface area (Å²) in [4.78, 5) is 16.6. The number of ether oxygens (including phenoxy) is 1. The van der Waals surface area contributed by atoms with Crippen molar-refractivity contribution in [3.63, 3.8) is 0 Å². The highest BCUT2D eigenvalue weighted by atomic mass is 16.5. The van der Waals surface area contributed by atoms with Crippen LogP contribution in [0.3, 0.4) is 0 Å². The lowest BCUT2D eigenvalue weighted by molar-refractivity contribution is 0.0691. The summed E-state index contributed by atoms with van der Waals surface area (Å²) in [6.45, 7) is 5.99. The molecule has 25 heavy (non-hydrogen) atoms. The standard InChI is InChI=1S/C17H22N2O3.C2H7N/c1-11(2)22-12-8-14-13(10-15(18-14)17(20)21)16(9-12)19-6-4-3-5-7-19;1-3-2/h8-11,18H,3-7H2,1-2H3,(H,20,21);3H,1-2H3. The van der Waals surface area contributed by atoms with Crippen LogP contribution in [-0.4, -0.2) is 49.3 Å². The average molecular weight is 347 g/mol. The van der Waals surface area contributed by atoms with Gasteiger partial charge in [-0.2, -0.15) is 0 Å². The first-order valence-electron chi connectivity index (χ1n) is 8.86. The maximum atomic E-state index is 11.2. The molecule has 1 aliphatic heterocycles. The van der Waals surface area contributed by atoms with Crippen molar-refractivity contribution in [3.8, 4) is 5.75 Å². The van der Waals surface area contributed by atoms with E-state index in [4.69, 9.17) is 4.74 Å². The van der Waals surface area contributed by atoms with Gasteiger partial charge in [0.1, 0.15) is 11.4 Å². The fraction of sp³-hybridized carbons (Fsp3) is 0.526. The molecule has 0 saturated carbocycles. The lowest BCUT2D eigenvalue weighted by Crippen LogP contribution is -2.29. The van der Waals surface area contributed by atoms with Gasteiger partial charge in [0.25, 0.3) is 0 Å². The maximum Gasteiger partial charge on any atom is 0.352 e. The first-order chi connectivity index (χ1) is 12.0. The molecule has 0 radical (unpaired) electrons. The number of aromatic amines is 1. The topological polar surface area (TPSA) is 77.6 Å². The summed E-state index contributed by atoms with van der Waals surface area (Å²) in [5.74, 6) is -0.158. The number of hydrogen-bond donors (Lipinski definition) is 3. The number of benzene rings is 1. The minimum Gasteiger partial charge on any atom is -0.491 e. The number of anilines is 1. The Hall–Kier alpha value is -2.21. The third kappa shape index (κ3) is 4.89. The minimum atomic E-state index is -0.938. The van der Waals surface area contributed by atoms with Crippen molar-refractivity contribution in [1.82, 2.24) is 10.3 Å². The summed E-state index contributed by atoms with van der Waals surface area (Å²) in [5, 5.41) is 12.9. The van der Waals surface area contributed by atoms with Crippen LogP contribution in [0, 0.1) is 0 Å². The first-order valence-corrected chi connectivity index (χ1v) is 8.86. The fourth-order valence-corrected chi connectivity index (χ4v) is 3.04. The normalized spacial score (nSPS) is 14.4. The molecule has 0 amide bonds. The van der Waals surface area contributed by atoms with E-state index in [0.717, 1.165) is 35.4 Å². The molecule has 1 aromatic carbocycles. The molecular formula is C19H29N3O3. The number of fused-ring (bicyclic) bond motifs is 1. The molecule has 6 nitrogen and oxygen atoms in total. The summed E-state index contributed by atoms with van der Waals surface area (Å²) in [6.07, 6.45) is 3.69. The Morgan fingerprint density at radius 3 is 2.40 bits per heavy atom. The molecule has 2 aromatic rings. The zero-order valence-corrected chi connectivity index (χ0v) is 15.6. The van der Waals surface area contributed by atoms with E-state index < -0.39 is 5.97 Å². The average Bonchev–Trinajstić information content (AvgIpc) is 2.99. The van der Waals surface area contributed by atoms with Crippen molar-refractivity contribution >= 4 is 22.6 Å². The van der Waals surface area contributed by atoms with Crippen LogP contribution < -0.4 is 15.0 Å². The Morgan fingerprint density at radius 2 is 1.84 bits per heavy atom. The Labute approximate surface area is 149 Å². The molecule has 3 rings (SSSR count). The van der Waals surface area contributed by atoms with E-state index in [0.29, 0.717) is 0 Å². The van der Waals surface area contributed by atoms with Crippen LogP contribution in [0.4, 0.5) is 5.69 Å². The summed E-state index contributed by atoms with van der Waals surface area (Å²) < 4.78 is 5.83. The number of carboxylic acids is 1. The predicted octanol–water partition coefficient (Wildman–Crippen LogP) is 3.48. The summed E-state index contributed by atoms with van der Waals surface area (Å²) >= 11 is 0. The molecular weight excluding hydrogens is 318 g/mol. The van der Waals surface area contributed by atoms with E-state index in [9.17, 15) is 9.90 Å². The number of aromatic carboxylic acids is 1. The van der Waals surface area contributed by atoms with Gasteiger partial charge in [-0.1, -0.05) is 0 Å². The smallest absolute Gasteiger partial charge is 0.352 e. The third-order valence-corrected chi connectivity index (χ3v) is 3.99. The van der Waals surface area contributed by atoms with Gasteiger partial charge in [0.2, 0.25) is 0 Å². The van der Waals surface area contributed by atoms with Gasteiger partial charge in [-0.3, -0.25) is 0 Å². The minimum absolute atomic E-state index is 0.0839. The largest absolute Gasteiger partial charge is 0.491 e. The van der Waals surface area contributed by atoms with Gasteiger partial charge in [-0.25, -0.2) is 4.79 Å². The first kappa shape index (κ1) is 19.1. The molecule has 0 aliphatic carbocycles. The Morgan fingerprint density at radius 1 is 1.20 bits per heavy atom. The van der Waals surface area contributed by atoms with Crippen molar-refractivity contribution in [2.45, 2.75) is 39.2 Å². The van der Waals surface area contributed by atoms with Crippen molar-refractivity contribution in [2.75, 3.05) is 32.1 Å². The SMILES string of the molecule is CC(C)Oc1cc(N2CCCCC2)c2cc(C(=O)O)[nH]c2c1.CNC. The second kappa shape index (κ2) is 8.76. The van der Waals surface area contributed by atoms with E-state index in [2.05, 4.69) is 15.2 Å². The van der Waals surface area contributed by atoms with Gasteiger partial charge in [0.15, 0.2) is 0 Å². The summed E-state index contributed by atoms with van der Waals surface area (Å²) in [6, 6.07) is 5.64. The van der Waals surface area contributed by atoms with E-state index in [1.54, 1.807) is 6.07 Å². The molecule has 0 atom stereocenters.